The molecule has 204 valence electrons. The van der Waals surface area contributed by atoms with Gasteiger partial charge in [0.25, 0.3) is 0 Å². The van der Waals surface area contributed by atoms with Crippen LogP contribution < -0.4 is 0 Å². The molecule has 0 aliphatic carbocycles. The molecule has 0 bridgehead atoms. The third-order valence-corrected chi connectivity index (χ3v) is 6.39. The van der Waals surface area contributed by atoms with Crippen molar-refractivity contribution in [3.05, 3.63) is 156 Å². The molecule has 0 saturated heterocycles. The molecule has 0 saturated carbocycles. The quantitative estimate of drug-likeness (QED) is 0.113. The van der Waals surface area contributed by atoms with E-state index in [2.05, 4.69) is 12.5 Å². The van der Waals surface area contributed by atoms with Gasteiger partial charge in [-0.2, -0.15) is 0 Å². The molecular weight excluding hydrogens is 496 g/mol. The van der Waals surface area contributed by atoms with E-state index in [9.17, 15) is 0 Å². The lowest BCUT2D eigenvalue weighted by Crippen LogP contribution is -2.43. The smallest absolute Gasteiger partial charge is 0.147 e. The molecular formula is C36H36O4. The summed E-state index contributed by atoms with van der Waals surface area (Å²) in [6.07, 6.45) is 4.18. The summed E-state index contributed by atoms with van der Waals surface area (Å²) in [4.78, 5) is 0. The lowest BCUT2D eigenvalue weighted by atomic mass is 10.0. The van der Waals surface area contributed by atoms with Crippen LogP contribution in [0.4, 0.5) is 0 Å². The zero-order valence-electron chi connectivity index (χ0n) is 22.7. The second-order valence-electron chi connectivity index (χ2n) is 9.50. The molecule has 4 aromatic rings. The predicted octanol–water partition coefficient (Wildman–Crippen LogP) is 7.15. The molecule has 0 N–H and O–H groups in total. The van der Waals surface area contributed by atoms with Crippen LogP contribution in [0.25, 0.3) is 0 Å². The first kappa shape index (κ1) is 29.0. The molecule has 0 radical (unpaired) electrons. The Balaban J connectivity index is 1.54. The Morgan fingerprint density at radius 2 is 0.975 bits per heavy atom. The van der Waals surface area contributed by atoms with Crippen LogP contribution in [0, 0.1) is 12.3 Å². The van der Waals surface area contributed by atoms with Crippen LogP contribution in [0.5, 0.6) is 0 Å². The van der Waals surface area contributed by atoms with Crippen molar-refractivity contribution in [2.75, 3.05) is 6.61 Å². The largest absolute Gasteiger partial charge is 0.372 e. The van der Waals surface area contributed by atoms with E-state index in [0.717, 1.165) is 27.8 Å². The molecule has 4 aromatic carbocycles. The van der Waals surface area contributed by atoms with Gasteiger partial charge in [0.15, 0.2) is 0 Å². The van der Waals surface area contributed by atoms with Gasteiger partial charge >= 0.3 is 0 Å². The Kier molecular flexibility index (Phi) is 11.8. The van der Waals surface area contributed by atoms with Gasteiger partial charge in [0.2, 0.25) is 0 Å². The highest BCUT2D eigenvalue weighted by Gasteiger charge is 2.33. The van der Waals surface area contributed by atoms with Crippen LogP contribution in [0.15, 0.2) is 133 Å². The van der Waals surface area contributed by atoms with Crippen molar-refractivity contribution in [2.45, 2.75) is 44.7 Å². The number of hydrogen-bond donors (Lipinski definition) is 0. The Labute approximate surface area is 238 Å². The summed E-state index contributed by atoms with van der Waals surface area (Å²) < 4.78 is 25.3. The molecule has 40 heavy (non-hydrogen) atoms. The molecule has 4 rings (SSSR count). The average molecular weight is 533 g/mol. The lowest BCUT2D eigenvalue weighted by molar-refractivity contribution is -0.126. The highest BCUT2D eigenvalue weighted by molar-refractivity contribution is 5.19. The standard InChI is InChI=1S/C36H36O4/c1-3-34(38-26-31-18-10-5-11-19-31)36(40-28-33-22-14-7-15-23-33)35(39-27-32-20-12-6-13-21-32)29(2)24-37-25-30-16-8-4-9-17-30/h1,4-23,34-36H,2,24-28H2/t34-,35-,36+/m1/s1. The van der Waals surface area contributed by atoms with E-state index in [-0.39, 0.29) is 6.61 Å². The normalized spacial score (nSPS) is 13.2. The van der Waals surface area contributed by atoms with Crippen molar-refractivity contribution >= 4 is 0 Å². The summed E-state index contributed by atoms with van der Waals surface area (Å²) in [6, 6.07) is 40.0. The topological polar surface area (TPSA) is 36.9 Å². The highest BCUT2D eigenvalue weighted by Crippen LogP contribution is 2.23. The molecule has 4 heteroatoms. The number of ether oxygens (including phenoxy) is 4. The van der Waals surface area contributed by atoms with Crippen molar-refractivity contribution < 1.29 is 18.9 Å². The van der Waals surface area contributed by atoms with Crippen molar-refractivity contribution in [3.63, 3.8) is 0 Å². The van der Waals surface area contributed by atoms with E-state index >= 15 is 0 Å². The fourth-order valence-corrected chi connectivity index (χ4v) is 4.26. The van der Waals surface area contributed by atoms with E-state index in [1.165, 1.54) is 0 Å². The maximum absolute atomic E-state index is 6.50. The summed E-state index contributed by atoms with van der Waals surface area (Å²) >= 11 is 0. The summed E-state index contributed by atoms with van der Waals surface area (Å²) in [5.41, 5.74) is 4.90. The average Bonchev–Trinajstić information content (AvgIpc) is 3.01. The van der Waals surface area contributed by atoms with Crippen molar-refractivity contribution in [1.82, 2.24) is 0 Å². The van der Waals surface area contributed by atoms with Crippen LogP contribution in [-0.2, 0) is 45.4 Å². The minimum absolute atomic E-state index is 0.287. The van der Waals surface area contributed by atoms with Crippen LogP contribution in [0.1, 0.15) is 22.3 Å². The third kappa shape index (κ3) is 9.34. The second kappa shape index (κ2) is 16.2. The third-order valence-electron chi connectivity index (χ3n) is 6.39. The van der Waals surface area contributed by atoms with Gasteiger partial charge < -0.3 is 18.9 Å². The van der Waals surface area contributed by atoms with Gasteiger partial charge in [-0.1, -0.05) is 134 Å². The van der Waals surface area contributed by atoms with Gasteiger partial charge in [-0.15, -0.1) is 6.42 Å². The zero-order valence-corrected chi connectivity index (χ0v) is 22.7. The van der Waals surface area contributed by atoms with E-state index < -0.39 is 18.3 Å². The first-order valence-electron chi connectivity index (χ1n) is 13.4. The number of benzene rings is 4. The lowest BCUT2D eigenvalue weighted by Gasteiger charge is -2.32. The van der Waals surface area contributed by atoms with Crippen molar-refractivity contribution in [2.24, 2.45) is 0 Å². The second-order valence-corrected chi connectivity index (χ2v) is 9.50. The summed E-state index contributed by atoms with van der Waals surface area (Å²) in [5.74, 6) is 2.82. The highest BCUT2D eigenvalue weighted by atomic mass is 16.6. The molecule has 0 aliphatic heterocycles. The number of hydrogen-bond acceptors (Lipinski definition) is 4. The van der Waals surface area contributed by atoms with Gasteiger partial charge in [0.1, 0.15) is 18.3 Å². The molecule has 0 unspecified atom stereocenters. The van der Waals surface area contributed by atoms with Crippen LogP contribution >= 0.6 is 0 Å². The molecule has 0 amide bonds. The van der Waals surface area contributed by atoms with Crippen LogP contribution in [0.3, 0.4) is 0 Å². The maximum atomic E-state index is 6.50. The molecule has 0 aromatic heterocycles. The van der Waals surface area contributed by atoms with E-state index in [0.29, 0.717) is 26.4 Å². The number of rotatable bonds is 16. The van der Waals surface area contributed by atoms with Gasteiger partial charge in [0, 0.05) is 0 Å². The molecule has 0 heterocycles. The van der Waals surface area contributed by atoms with E-state index in [4.69, 9.17) is 25.4 Å². The summed E-state index contributed by atoms with van der Waals surface area (Å²) in [5, 5.41) is 0. The molecule has 0 spiro atoms. The molecule has 4 nitrogen and oxygen atoms in total. The van der Waals surface area contributed by atoms with E-state index in [1.54, 1.807) is 0 Å². The Hall–Kier alpha value is -3.98. The zero-order chi connectivity index (χ0) is 27.8. The fourth-order valence-electron chi connectivity index (χ4n) is 4.26. The molecule has 0 fully saturated rings. The first-order chi connectivity index (χ1) is 19.7. The van der Waals surface area contributed by atoms with Crippen LogP contribution in [-0.4, -0.2) is 24.9 Å². The minimum Gasteiger partial charge on any atom is -0.372 e. The summed E-state index contributed by atoms with van der Waals surface area (Å²) in [6.45, 7) is 6.17. The Morgan fingerprint density at radius 1 is 0.575 bits per heavy atom. The minimum atomic E-state index is -0.685. The fraction of sp³-hybridized carbons (Fsp3) is 0.222. The van der Waals surface area contributed by atoms with Gasteiger partial charge in [-0.3, -0.25) is 0 Å². The van der Waals surface area contributed by atoms with Gasteiger partial charge in [-0.25, -0.2) is 0 Å². The predicted molar refractivity (Wildman–Crippen MR) is 159 cm³/mol. The SMILES string of the molecule is C#C[C@@H](OCc1ccccc1)[C@H](OCc1ccccc1)[C@H](OCc1ccccc1)C(=C)COCc1ccccc1. The monoisotopic (exact) mass is 532 g/mol. The van der Waals surface area contributed by atoms with Crippen LogP contribution in [0.2, 0.25) is 0 Å². The first-order valence-corrected chi connectivity index (χ1v) is 13.4. The van der Waals surface area contributed by atoms with Gasteiger partial charge in [0.05, 0.1) is 33.0 Å². The Morgan fingerprint density at radius 3 is 1.43 bits per heavy atom. The number of terminal acetylenes is 1. The maximum Gasteiger partial charge on any atom is 0.147 e. The molecule has 0 aliphatic rings. The summed E-state index contributed by atoms with van der Waals surface area (Å²) in [7, 11) is 0. The molecule has 3 atom stereocenters. The van der Waals surface area contributed by atoms with Crippen molar-refractivity contribution in [1.29, 1.82) is 0 Å². The van der Waals surface area contributed by atoms with Gasteiger partial charge in [-0.05, 0) is 27.8 Å². The van der Waals surface area contributed by atoms with Crippen molar-refractivity contribution in [3.8, 4) is 12.3 Å². The Bertz CT molecular complexity index is 1300. The van der Waals surface area contributed by atoms with E-state index in [1.807, 2.05) is 121 Å².